The number of nitriles is 1. The van der Waals surface area contributed by atoms with Gasteiger partial charge in [-0.25, -0.2) is 9.37 Å². The maximum atomic E-state index is 13.3. The Kier molecular flexibility index (Phi) is 4.46. The monoisotopic (exact) mass is 284 g/mol. The molecule has 21 heavy (non-hydrogen) atoms. The topological polar surface area (TPSA) is 83.0 Å². The van der Waals surface area contributed by atoms with Gasteiger partial charge in [-0.05, 0) is 18.2 Å². The summed E-state index contributed by atoms with van der Waals surface area (Å²) in [6.07, 6.45) is 1.11. The van der Waals surface area contributed by atoms with Crippen LogP contribution in [0.15, 0.2) is 42.6 Å². The lowest BCUT2D eigenvalue weighted by Gasteiger charge is -2.22. The lowest BCUT2D eigenvalue weighted by Crippen LogP contribution is -2.32. The summed E-state index contributed by atoms with van der Waals surface area (Å²) in [6.45, 7) is 0.190. The van der Waals surface area contributed by atoms with Gasteiger partial charge in [0, 0.05) is 12.2 Å². The number of para-hydroxylation sites is 1. The Bertz CT molecular complexity index is 682. The normalized spacial score (nSPS) is 9.90. The molecule has 0 bridgehead atoms. The summed E-state index contributed by atoms with van der Waals surface area (Å²) >= 11 is 0. The van der Waals surface area contributed by atoms with Crippen LogP contribution < -0.4 is 10.6 Å². The van der Waals surface area contributed by atoms with Gasteiger partial charge < -0.3 is 10.6 Å². The molecule has 0 saturated carbocycles. The number of rotatable bonds is 4. The minimum atomic E-state index is -0.638. The molecular weight excluding hydrogens is 271 g/mol. The van der Waals surface area contributed by atoms with Crippen molar-refractivity contribution in [2.75, 3.05) is 17.2 Å². The summed E-state index contributed by atoms with van der Waals surface area (Å²) in [7, 11) is 0. The third-order valence-electron chi connectivity index (χ3n) is 2.88. The van der Waals surface area contributed by atoms with Crippen molar-refractivity contribution in [2.24, 2.45) is 0 Å². The number of anilines is 2. The van der Waals surface area contributed by atoms with Crippen molar-refractivity contribution in [3.8, 4) is 6.07 Å². The molecule has 0 aliphatic carbocycles. The maximum absolute atomic E-state index is 13.3. The molecule has 0 radical (unpaired) electrons. The molecule has 0 aliphatic heterocycles. The van der Waals surface area contributed by atoms with E-state index in [1.807, 2.05) is 12.1 Å². The van der Waals surface area contributed by atoms with Crippen LogP contribution in [-0.2, 0) is 0 Å². The Labute approximate surface area is 121 Å². The van der Waals surface area contributed by atoms with E-state index in [0.29, 0.717) is 5.69 Å². The quantitative estimate of drug-likeness (QED) is 0.934. The van der Waals surface area contributed by atoms with Crippen molar-refractivity contribution in [3.05, 3.63) is 54.0 Å². The number of carbonyl (C=O) groups excluding carboxylic acids is 1. The molecule has 106 valence electrons. The van der Waals surface area contributed by atoms with E-state index < -0.39 is 11.7 Å². The number of benzene rings is 1. The summed E-state index contributed by atoms with van der Waals surface area (Å²) in [4.78, 5) is 17.6. The number of carbonyl (C=O) groups is 1. The number of amides is 1. The Hall–Kier alpha value is -2.94. The number of aromatic nitrogens is 1. The fraction of sp³-hybridized carbons (Fsp3) is 0.133. The van der Waals surface area contributed by atoms with Gasteiger partial charge in [-0.3, -0.25) is 4.79 Å². The van der Waals surface area contributed by atoms with Gasteiger partial charge in [-0.1, -0.05) is 18.2 Å². The maximum Gasteiger partial charge on any atom is 0.262 e. The zero-order valence-electron chi connectivity index (χ0n) is 11.2. The molecule has 1 aromatic heterocycles. The Morgan fingerprint density at radius 1 is 1.38 bits per heavy atom. The second kappa shape index (κ2) is 6.48. The number of hydrogen-bond acceptors (Lipinski definition) is 4. The van der Waals surface area contributed by atoms with Crippen LogP contribution in [0.25, 0.3) is 0 Å². The van der Waals surface area contributed by atoms with Crippen LogP contribution in [0.1, 0.15) is 16.8 Å². The van der Waals surface area contributed by atoms with E-state index in [1.54, 1.807) is 24.3 Å². The highest BCUT2D eigenvalue weighted by atomic mass is 19.1. The fourth-order valence-corrected chi connectivity index (χ4v) is 1.88. The molecule has 0 saturated heterocycles. The molecule has 2 rings (SSSR count). The van der Waals surface area contributed by atoms with E-state index >= 15 is 0 Å². The fourth-order valence-electron chi connectivity index (χ4n) is 1.88. The minimum absolute atomic E-state index is 0.0169. The number of pyridine rings is 1. The average Bonchev–Trinajstić information content (AvgIpc) is 2.51. The van der Waals surface area contributed by atoms with Crippen molar-refractivity contribution < 1.29 is 9.18 Å². The molecule has 1 aromatic carbocycles. The average molecular weight is 284 g/mol. The molecule has 5 nitrogen and oxygen atoms in total. The first-order valence-electron chi connectivity index (χ1n) is 6.28. The van der Waals surface area contributed by atoms with E-state index in [-0.39, 0.29) is 24.3 Å². The zero-order chi connectivity index (χ0) is 15.2. The Morgan fingerprint density at radius 3 is 2.76 bits per heavy atom. The summed E-state index contributed by atoms with van der Waals surface area (Å²) in [6, 6.07) is 11.9. The van der Waals surface area contributed by atoms with Crippen LogP contribution in [0.5, 0.6) is 0 Å². The molecule has 1 heterocycles. The third-order valence-corrected chi connectivity index (χ3v) is 2.88. The van der Waals surface area contributed by atoms with Crippen LogP contribution in [0, 0.1) is 17.1 Å². The van der Waals surface area contributed by atoms with E-state index in [1.165, 1.54) is 4.90 Å². The molecule has 0 fully saturated rings. The SMILES string of the molecule is N#CCCN(C(=O)c1cc(F)cnc1N)c1ccccc1. The second-order valence-corrected chi connectivity index (χ2v) is 4.29. The van der Waals surface area contributed by atoms with Gasteiger partial charge in [-0.15, -0.1) is 0 Å². The first-order valence-corrected chi connectivity index (χ1v) is 6.28. The molecule has 2 N–H and O–H groups in total. The van der Waals surface area contributed by atoms with Crippen molar-refractivity contribution in [1.29, 1.82) is 5.26 Å². The largest absolute Gasteiger partial charge is 0.383 e. The van der Waals surface area contributed by atoms with Crippen LogP contribution in [0.3, 0.4) is 0 Å². The van der Waals surface area contributed by atoms with Gasteiger partial charge >= 0.3 is 0 Å². The Balaban J connectivity index is 2.39. The predicted octanol–water partition coefficient (Wildman–Crippen LogP) is 2.36. The molecule has 6 heteroatoms. The molecular formula is C15H13FN4O. The lowest BCUT2D eigenvalue weighted by atomic mass is 10.2. The summed E-state index contributed by atoms with van der Waals surface area (Å²) in [5.74, 6) is -1.17. The number of nitrogens with two attached hydrogens (primary N) is 1. The second-order valence-electron chi connectivity index (χ2n) is 4.29. The van der Waals surface area contributed by atoms with Crippen molar-refractivity contribution in [2.45, 2.75) is 6.42 Å². The van der Waals surface area contributed by atoms with Crippen molar-refractivity contribution >= 4 is 17.4 Å². The van der Waals surface area contributed by atoms with Gasteiger partial charge in [0.05, 0.1) is 24.3 Å². The number of halogens is 1. The van der Waals surface area contributed by atoms with Gasteiger partial charge in [0.25, 0.3) is 5.91 Å². The van der Waals surface area contributed by atoms with Gasteiger partial charge in [0.2, 0.25) is 0 Å². The van der Waals surface area contributed by atoms with Crippen LogP contribution in [0.4, 0.5) is 15.9 Å². The van der Waals surface area contributed by atoms with Crippen molar-refractivity contribution in [1.82, 2.24) is 4.98 Å². The van der Waals surface area contributed by atoms with Gasteiger partial charge in [0.1, 0.15) is 11.6 Å². The molecule has 0 unspecified atom stereocenters. The minimum Gasteiger partial charge on any atom is -0.383 e. The summed E-state index contributed by atoms with van der Waals surface area (Å²) in [5, 5.41) is 8.73. The smallest absolute Gasteiger partial charge is 0.262 e. The van der Waals surface area contributed by atoms with Crippen LogP contribution >= 0.6 is 0 Å². The zero-order valence-corrected chi connectivity index (χ0v) is 11.2. The molecule has 0 spiro atoms. The van der Waals surface area contributed by atoms with E-state index in [9.17, 15) is 9.18 Å². The molecule has 0 atom stereocenters. The van der Waals surface area contributed by atoms with Crippen LogP contribution in [0.2, 0.25) is 0 Å². The van der Waals surface area contributed by atoms with Gasteiger partial charge in [-0.2, -0.15) is 5.26 Å². The highest BCUT2D eigenvalue weighted by Gasteiger charge is 2.20. The predicted molar refractivity (Wildman–Crippen MR) is 77.0 cm³/mol. The standard InChI is InChI=1S/C15H13FN4O/c16-11-9-13(14(18)19-10-11)15(21)20(8-4-7-17)12-5-2-1-3-6-12/h1-3,5-6,9-10H,4,8H2,(H2,18,19). The van der Waals surface area contributed by atoms with E-state index in [4.69, 9.17) is 11.0 Å². The first kappa shape index (κ1) is 14.5. The van der Waals surface area contributed by atoms with E-state index in [2.05, 4.69) is 4.98 Å². The molecule has 1 amide bonds. The van der Waals surface area contributed by atoms with Crippen molar-refractivity contribution in [3.63, 3.8) is 0 Å². The Morgan fingerprint density at radius 2 is 2.10 bits per heavy atom. The molecule has 0 aliphatic rings. The number of nitrogens with zero attached hydrogens (tertiary/aromatic N) is 3. The third kappa shape index (κ3) is 3.34. The highest BCUT2D eigenvalue weighted by Crippen LogP contribution is 2.20. The highest BCUT2D eigenvalue weighted by molar-refractivity contribution is 6.08. The van der Waals surface area contributed by atoms with Gasteiger partial charge in [0.15, 0.2) is 0 Å². The number of hydrogen-bond donors (Lipinski definition) is 1. The van der Waals surface area contributed by atoms with Crippen LogP contribution in [-0.4, -0.2) is 17.4 Å². The van der Waals surface area contributed by atoms with E-state index in [0.717, 1.165) is 12.3 Å². The first-order chi connectivity index (χ1) is 10.1. The summed E-state index contributed by atoms with van der Waals surface area (Å²) < 4.78 is 13.3. The summed E-state index contributed by atoms with van der Waals surface area (Å²) in [5.41, 5.74) is 6.24. The lowest BCUT2D eigenvalue weighted by molar-refractivity contribution is 0.0987. The molecule has 2 aromatic rings. The number of nitrogen functional groups attached to an aromatic ring is 1.